The van der Waals surface area contributed by atoms with E-state index in [-0.39, 0.29) is 17.5 Å². The van der Waals surface area contributed by atoms with Gasteiger partial charge in [0.15, 0.2) is 11.6 Å². The molecule has 0 atom stereocenters. The number of ether oxygens (including phenoxy) is 1. The summed E-state index contributed by atoms with van der Waals surface area (Å²) in [5.74, 6) is -0.0642. The largest absolute Gasteiger partial charge is 0.489 e. The van der Waals surface area contributed by atoms with E-state index in [0.717, 1.165) is 24.6 Å². The number of amides is 1. The van der Waals surface area contributed by atoms with Crippen molar-refractivity contribution >= 4 is 17.4 Å². The van der Waals surface area contributed by atoms with E-state index < -0.39 is 0 Å². The summed E-state index contributed by atoms with van der Waals surface area (Å²) in [5, 5.41) is 3.89. The highest BCUT2D eigenvalue weighted by Gasteiger charge is 2.24. The first-order chi connectivity index (χ1) is 11.6. The summed E-state index contributed by atoms with van der Waals surface area (Å²) in [7, 11) is 0. The predicted octanol–water partition coefficient (Wildman–Crippen LogP) is 1.82. The highest BCUT2D eigenvalue weighted by atomic mass is 32.1. The minimum atomic E-state index is -0.346. The number of para-hydroxylation sites is 1. The van der Waals surface area contributed by atoms with Gasteiger partial charge in [0.1, 0.15) is 11.5 Å². The topological polar surface area (TPSA) is 58.6 Å². The third-order valence-corrected chi connectivity index (χ3v) is 4.82. The Kier molecular flexibility index (Phi) is 5.37. The molecule has 24 heavy (non-hydrogen) atoms. The van der Waals surface area contributed by atoms with E-state index in [1.807, 2.05) is 4.90 Å². The van der Waals surface area contributed by atoms with Gasteiger partial charge in [-0.2, -0.15) is 0 Å². The number of halogens is 1. The van der Waals surface area contributed by atoms with Crippen LogP contribution in [0.5, 0.6) is 5.75 Å². The number of rotatable bonds is 5. The molecule has 1 saturated heterocycles. The van der Waals surface area contributed by atoms with Crippen LogP contribution in [0, 0.1) is 12.7 Å². The van der Waals surface area contributed by atoms with E-state index >= 15 is 0 Å². The van der Waals surface area contributed by atoms with E-state index in [1.165, 1.54) is 6.07 Å². The van der Waals surface area contributed by atoms with Crippen molar-refractivity contribution in [1.82, 2.24) is 19.4 Å². The Labute approximate surface area is 144 Å². The molecule has 0 N–H and O–H groups in total. The van der Waals surface area contributed by atoms with Crippen molar-refractivity contribution in [1.29, 1.82) is 0 Å². The first-order valence-corrected chi connectivity index (χ1v) is 8.60. The molecule has 0 aliphatic carbocycles. The summed E-state index contributed by atoms with van der Waals surface area (Å²) in [6.45, 7) is 5.80. The first-order valence-electron chi connectivity index (χ1n) is 7.83. The van der Waals surface area contributed by atoms with E-state index in [9.17, 15) is 9.18 Å². The predicted molar refractivity (Wildman–Crippen MR) is 88.9 cm³/mol. The van der Waals surface area contributed by atoms with Crippen molar-refractivity contribution in [2.75, 3.05) is 39.3 Å². The molecule has 1 aromatic carbocycles. The molecule has 128 valence electrons. The van der Waals surface area contributed by atoms with Crippen LogP contribution >= 0.6 is 11.5 Å². The van der Waals surface area contributed by atoms with Crippen molar-refractivity contribution in [3.05, 3.63) is 40.7 Å². The number of aromatic nitrogens is 2. The van der Waals surface area contributed by atoms with Gasteiger partial charge in [-0.05, 0) is 30.6 Å². The molecule has 0 saturated carbocycles. The number of hydrogen-bond acceptors (Lipinski definition) is 6. The van der Waals surface area contributed by atoms with Gasteiger partial charge in [0.2, 0.25) is 0 Å². The maximum absolute atomic E-state index is 13.5. The Hall–Kier alpha value is -2.06. The normalized spacial score (nSPS) is 15.5. The third-order valence-electron chi connectivity index (χ3n) is 4.01. The van der Waals surface area contributed by atoms with Crippen LogP contribution in [0.4, 0.5) is 4.39 Å². The second-order valence-electron chi connectivity index (χ2n) is 5.60. The Morgan fingerprint density at radius 2 is 2.04 bits per heavy atom. The van der Waals surface area contributed by atoms with Crippen molar-refractivity contribution in [2.45, 2.75) is 6.92 Å². The molecule has 0 radical (unpaired) electrons. The molecular formula is C16H19FN4O2S. The molecule has 0 spiro atoms. The van der Waals surface area contributed by atoms with E-state index in [2.05, 4.69) is 14.5 Å². The fourth-order valence-electron chi connectivity index (χ4n) is 2.59. The molecule has 1 fully saturated rings. The van der Waals surface area contributed by atoms with E-state index in [1.54, 1.807) is 25.1 Å². The van der Waals surface area contributed by atoms with Gasteiger partial charge in [-0.1, -0.05) is 16.6 Å². The van der Waals surface area contributed by atoms with Gasteiger partial charge in [0, 0.05) is 32.7 Å². The fourth-order valence-corrected chi connectivity index (χ4v) is 3.22. The Bertz CT molecular complexity index is 701. The van der Waals surface area contributed by atoms with Crippen molar-refractivity contribution in [2.24, 2.45) is 0 Å². The zero-order valence-corrected chi connectivity index (χ0v) is 14.3. The molecule has 1 amide bonds. The standard InChI is InChI=1S/C16H19FN4O2S/c1-12-15(24-19-18-12)16(22)21-8-6-20(7-9-21)10-11-23-14-5-3-2-4-13(14)17/h2-5H,6-11H2,1H3. The van der Waals surface area contributed by atoms with Crippen LogP contribution in [-0.2, 0) is 0 Å². The lowest BCUT2D eigenvalue weighted by Gasteiger charge is -2.34. The van der Waals surface area contributed by atoms with Gasteiger partial charge >= 0.3 is 0 Å². The zero-order chi connectivity index (χ0) is 16.9. The number of hydrogen-bond donors (Lipinski definition) is 0. The molecule has 6 nitrogen and oxygen atoms in total. The smallest absolute Gasteiger partial charge is 0.267 e. The average Bonchev–Trinajstić information content (AvgIpc) is 3.03. The van der Waals surface area contributed by atoms with Crippen molar-refractivity contribution < 1.29 is 13.9 Å². The van der Waals surface area contributed by atoms with E-state index in [0.29, 0.717) is 36.8 Å². The molecule has 0 unspecified atom stereocenters. The Morgan fingerprint density at radius 3 is 2.71 bits per heavy atom. The molecular weight excluding hydrogens is 331 g/mol. The Morgan fingerprint density at radius 1 is 1.29 bits per heavy atom. The lowest BCUT2D eigenvalue weighted by Crippen LogP contribution is -2.49. The van der Waals surface area contributed by atoms with Gasteiger partial charge in [-0.15, -0.1) is 5.10 Å². The van der Waals surface area contributed by atoms with Crippen molar-refractivity contribution in [3.63, 3.8) is 0 Å². The number of carbonyl (C=O) groups excluding carboxylic acids is 1. The van der Waals surface area contributed by atoms with Crippen LogP contribution < -0.4 is 4.74 Å². The molecule has 1 aromatic heterocycles. The molecule has 2 aromatic rings. The lowest BCUT2D eigenvalue weighted by molar-refractivity contribution is 0.0623. The van der Waals surface area contributed by atoms with Gasteiger partial charge in [0.25, 0.3) is 5.91 Å². The second kappa shape index (κ2) is 7.67. The van der Waals surface area contributed by atoms with Crippen LogP contribution in [0.3, 0.4) is 0 Å². The highest BCUT2D eigenvalue weighted by Crippen LogP contribution is 2.16. The first kappa shape index (κ1) is 16.8. The zero-order valence-electron chi connectivity index (χ0n) is 13.4. The maximum Gasteiger partial charge on any atom is 0.267 e. The van der Waals surface area contributed by atoms with Gasteiger partial charge in [0.05, 0.1) is 5.69 Å². The second-order valence-corrected chi connectivity index (χ2v) is 6.35. The van der Waals surface area contributed by atoms with Crippen LogP contribution in [-0.4, -0.2) is 64.6 Å². The summed E-state index contributed by atoms with van der Waals surface area (Å²) < 4.78 is 22.8. The monoisotopic (exact) mass is 350 g/mol. The average molecular weight is 350 g/mol. The molecule has 3 rings (SSSR count). The third kappa shape index (κ3) is 3.88. The SMILES string of the molecule is Cc1nnsc1C(=O)N1CCN(CCOc2ccccc2F)CC1. The number of piperazine rings is 1. The van der Waals surface area contributed by atoms with Crippen LogP contribution in [0.2, 0.25) is 0 Å². The molecule has 2 heterocycles. The number of nitrogens with zero attached hydrogens (tertiary/aromatic N) is 4. The lowest BCUT2D eigenvalue weighted by atomic mass is 10.2. The van der Waals surface area contributed by atoms with Gasteiger partial charge in [-0.3, -0.25) is 9.69 Å². The molecule has 8 heteroatoms. The number of aryl methyl sites for hydroxylation is 1. The minimum absolute atomic E-state index is 0.00440. The summed E-state index contributed by atoms with van der Waals surface area (Å²) in [5.41, 5.74) is 0.686. The molecule has 1 aliphatic heterocycles. The summed E-state index contributed by atoms with van der Waals surface area (Å²) in [6.07, 6.45) is 0. The number of benzene rings is 1. The van der Waals surface area contributed by atoms with Gasteiger partial charge < -0.3 is 9.64 Å². The highest BCUT2D eigenvalue weighted by molar-refractivity contribution is 7.07. The number of carbonyl (C=O) groups is 1. The molecule has 0 bridgehead atoms. The molecule has 1 aliphatic rings. The maximum atomic E-state index is 13.5. The fraction of sp³-hybridized carbons (Fsp3) is 0.438. The quantitative estimate of drug-likeness (QED) is 0.823. The van der Waals surface area contributed by atoms with Crippen LogP contribution in [0.15, 0.2) is 24.3 Å². The van der Waals surface area contributed by atoms with Gasteiger partial charge in [-0.25, -0.2) is 4.39 Å². The van der Waals surface area contributed by atoms with Crippen LogP contribution in [0.25, 0.3) is 0 Å². The minimum Gasteiger partial charge on any atom is -0.489 e. The summed E-state index contributed by atoms with van der Waals surface area (Å²) >= 11 is 1.14. The van der Waals surface area contributed by atoms with E-state index in [4.69, 9.17) is 4.74 Å². The Balaban J connectivity index is 1.43. The van der Waals surface area contributed by atoms with Crippen molar-refractivity contribution in [3.8, 4) is 5.75 Å². The summed E-state index contributed by atoms with van der Waals surface area (Å²) in [4.78, 5) is 17.1. The summed E-state index contributed by atoms with van der Waals surface area (Å²) in [6, 6.07) is 6.39. The van der Waals surface area contributed by atoms with Crippen LogP contribution in [0.1, 0.15) is 15.4 Å².